The largest absolute Gasteiger partial charge is 0.507 e. The molecule has 1 atom stereocenters. The monoisotopic (exact) mass is 362 g/mol. The Hall–Kier alpha value is -3.34. The van der Waals surface area contributed by atoms with Crippen LogP contribution < -0.4 is 4.90 Å². The molecule has 0 saturated carbocycles. The first-order valence-corrected chi connectivity index (χ1v) is 8.67. The third-order valence-corrected chi connectivity index (χ3v) is 4.64. The number of aliphatic hydroxyl groups is 1. The van der Waals surface area contributed by atoms with Gasteiger partial charge in [-0.1, -0.05) is 48.5 Å². The Balaban J connectivity index is 2.16. The zero-order chi connectivity index (χ0) is 19.6. The zero-order valence-electron chi connectivity index (χ0n) is 15.4. The van der Waals surface area contributed by atoms with Gasteiger partial charge in [-0.15, -0.1) is 6.58 Å². The lowest BCUT2D eigenvalue weighted by atomic mass is 9.95. The Labute approximate surface area is 158 Å². The maximum absolute atomic E-state index is 12.7. The molecule has 1 aliphatic rings. The number of hydrogen-bond donors (Lipinski definition) is 1. The molecule has 1 heterocycles. The van der Waals surface area contributed by atoms with Gasteiger partial charge >= 0.3 is 0 Å². The fourth-order valence-corrected chi connectivity index (χ4v) is 3.26. The lowest BCUT2D eigenvalue weighted by molar-refractivity contribution is -0.139. The summed E-state index contributed by atoms with van der Waals surface area (Å²) in [5.41, 5.74) is 2.37. The van der Waals surface area contributed by atoms with E-state index in [0.717, 1.165) is 11.3 Å². The smallest absolute Gasteiger partial charge is 0.295 e. The molecule has 0 spiro atoms. The van der Waals surface area contributed by atoms with Gasteiger partial charge in [0, 0.05) is 31.9 Å². The van der Waals surface area contributed by atoms with E-state index in [1.165, 1.54) is 4.90 Å². The quantitative estimate of drug-likeness (QED) is 0.383. The van der Waals surface area contributed by atoms with Gasteiger partial charge in [0.25, 0.3) is 11.7 Å². The first kappa shape index (κ1) is 18.5. The van der Waals surface area contributed by atoms with Crippen LogP contribution in [0.3, 0.4) is 0 Å². The fraction of sp³-hybridized carbons (Fsp3) is 0.182. The molecule has 3 rings (SSSR count). The van der Waals surface area contributed by atoms with Crippen molar-refractivity contribution in [3.8, 4) is 0 Å². The summed E-state index contributed by atoms with van der Waals surface area (Å²) >= 11 is 0. The molecule has 0 aliphatic carbocycles. The Kier molecular flexibility index (Phi) is 5.12. The topological polar surface area (TPSA) is 60.9 Å². The Morgan fingerprint density at radius 1 is 1.11 bits per heavy atom. The average molecular weight is 362 g/mol. The van der Waals surface area contributed by atoms with E-state index >= 15 is 0 Å². The summed E-state index contributed by atoms with van der Waals surface area (Å²) in [6.07, 6.45) is 1.58. The highest BCUT2D eigenvalue weighted by atomic mass is 16.3. The Morgan fingerprint density at radius 3 is 2.30 bits per heavy atom. The van der Waals surface area contributed by atoms with E-state index in [9.17, 15) is 14.7 Å². The van der Waals surface area contributed by atoms with E-state index in [2.05, 4.69) is 6.58 Å². The Morgan fingerprint density at radius 2 is 1.74 bits per heavy atom. The molecule has 5 nitrogen and oxygen atoms in total. The van der Waals surface area contributed by atoms with E-state index in [1.54, 1.807) is 30.3 Å². The summed E-state index contributed by atoms with van der Waals surface area (Å²) < 4.78 is 0. The summed E-state index contributed by atoms with van der Waals surface area (Å²) in [5.74, 6) is -1.48. The van der Waals surface area contributed by atoms with Crippen molar-refractivity contribution >= 4 is 23.1 Å². The number of carbonyl (C=O) groups is 2. The van der Waals surface area contributed by atoms with Gasteiger partial charge in [-0.05, 0) is 17.7 Å². The predicted molar refractivity (Wildman–Crippen MR) is 106 cm³/mol. The minimum atomic E-state index is -0.681. The van der Waals surface area contributed by atoms with Crippen molar-refractivity contribution in [2.75, 3.05) is 25.5 Å². The van der Waals surface area contributed by atoms with Crippen molar-refractivity contribution < 1.29 is 14.7 Å². The lowest BCUT2D eigenvalue weighted by Crippen LogP contribution is -2.29. The molecule has 2 aromatic carbocycles. The minimum Gasteiger partial charge on any atom is -0.507 e. The van der Waals surface area contributed by atoms with Crippen molar-refractivity contribution in [3.63, 3.8) is 0 Å². The summed E-state index contributed by atoms with van der Waals surface area (Å²) in [5, 5.41) is 10.8. The van der Waals surface area contributed by atoms with E-state index in [0.29, 0.717) is 5.56 Å². The molecule has 27 heavy (non-hydrogen) atoms. The molecule has 5 heteroatoms. The summed E-state index contributed by atoms with van der Waals surface area (Å²) in [6, 6.07) is 15.7. The van der Waals surface area contributed by atoms with E-state index in [4.69, 9.17) is 0 Å². The number of rotatable bonds is 5. The number of amides is 1. The van der Waals surface area contributed by atoms with E-state index in [1.807, 2.05) is 49.3 Å². The first-order valence-electron chi connectivity index (χ1n) is 8.67. The number of benzene rings is 2. The second kappa shape index (κ2) is 7.50. The number of aliphatic hydroxyl groups excluding tert-OH is 1. The van der Waals surface area contributed by atoms with Gasteiger partial charge in [-0.25, -0.2) is 0 Å². The van der Waals surface area contributed by atoms with Gasteiger partial charge < -0.3 is 14.9 Å². The molecule has 0 radical (unpaired) electrons. The van der Waals surface area contributed by atoms with Crippen molar-refractivity contribution in [1.29, 1.82) is 0 Å². The van der Waals surface area contributed by atoms with Crippen LogP contribution in [0.4, 0.5) is 5.69 Å². The molecule has 1 aliphatic heterocycles. The van der Waals surface area contributed by atoms with Gasteiger partial charge in [0.1, 0.15) is 5.76 Å². The van der Waals surface area contributed by atoms with Crippen LogP contribution in [0.1, 0.15) is 17.2 Å². The normalized spacial score (nSPS) is 18.6. The van der Waals surface area contributed by atoms with Crippen molar-refractivity contribution in [1.82, 2.24) is 4.90 Å². The minimum absolute atomic E-state index is 0.102. The molecule has 0 aromatic heterocycles. The molecule has 1 N–H and O–H groups in total. The highest BCUT2D eigenvalue weighted by molar-refractivity contribution is 6.46. The van der Waals surface area contributed by atoms with E-state index in [-0.39, 0.29) is 17.9 Å². The van der Waals surface area contributed by atoms with Crippen LogP contribution in [0.5, 0.6) is 0 Å². The van der Waals surface area contributed by atoms with Gasteiger partial charge in [0.2, 0.25) is 0 Å². The standard InChI is InChI=1S/C22H22N2O3/c1-4-14-24-19(15-10-12-17(13-11-15)23(2)3)18(21(26)22(24)27)20(25)16-8-6-5-7-9-16/h4-13,19,25H,1,14H2,2-3H3/t19-/m0/s1. The molecule has 1 saturated heterocycles. The molecule has 0 unspecified atom stereocenters. The summed E-state index contributed by atoms with van der Waals surface area (Å²) in [4.78, 5) is 28.7. The third-order valence-electron chi connectivity index (χ3n) is 4.64. The summed E-state index contributed by atoms with van der Waals surface area (Å²) in [6.45, 7) is 3.91. The second-order valence-electron chi connectivity index (χ2n) is 6.59. The number of ketones is 1. The lowest BCUT2D eigenvalue weighted by Gasteiger charge is -2.24. The second-order valence-corrected chi connectivity index (χ2v) is 6.59. The van der Waals surface area contributed by atoms with Gasteiger partial charge in [-0.2, -0.15) is 0 Å². The highest BCUT2D eigenvalue weighted by Crippen LogP contribution is 2.39. The highest BCUT2D eigenvalue weighted by Gasteiger charge is 2.45. The third kappa shape index (κ3) is 3.36. The van der Waals surface area contributed by atoms with Crippen LogP contribution in [0.25, 0.3) is 5.76 Å². The molecule has 1 amide bonds. The molecule has 1 fully saturated rings. The molecular formula is C22H22N2O3. The van der Waals surface area contributed by atoms with Gasteiger partial charge in [0.15, 0.2) is 0 Å². The van der Waals surface area contributed by atoms with Crippen molar-refractivity contribution in [2.45, 2.75) is 6.04 Å². The number of carbonyl (C=O) groups excluding carboxylic acids is 2. The summed E-state index contributed by atoms with van der Waals surface area (Å²) in [7, 11) is 3.88. The number of Topliss-reactive ketones (excluding diaryl/α,β-unsaturated/α-hetero) is 1. The van der Waals surface area contributed by atoms with Crippen LogP contribution in [-0.4, -0.2) is 42.3 Å². The average Bonchev–Trinajstić information content (AvgIpc) is 2.93. The van der Waals surface area contributed by atoms with Gasteiger partial charge in [0.05, 0.1) is 11.6 Å². The maximum Gasteiger partial charge on any atom is 0.295 e. The molecule has 138 valence electrons. The maximum atomic E-state index is 12.7. The van der Waals surface area contributed by atoms with Crippen LogP contribution in [-0.2, 0) is 9.59 Å². The predicted octanol–water partition coefficient (Wildman–Crippen LogP) is 3.36. The number of likely N-dealkylation sites (tertiary alicyclic amines) is 1. The van der Waals surface area contributed by atoms with Crippen LogP contribution in [0, 0.1) is 0 Å². The molecule has 0 bridgehead atoms. The molecular weight excluding hydrogens is 340 g/mol. The first-order chi connectivity index (χ1) is 13.0. The fourth-order valence-electron chi connectivity index (χ4n) is 3.26. The van der Waals surface area contributed by atoms with Crippen LogP contribution in [0.15, 0.2) is 72.8 Å². The Bertz CT molecular complexity index is 899. The molecule has 2 aromatic rings. The van der Waals surface area contributed by atoms with Crippen molar-refractivity contribution in [3.05, 3.63) is 84.0 Å². The number of hydrogen-bond acceptors (Lipinski definition) is 4. The number of anilines is 1. The van der Waals surface area contributed by atoms with E-state index < -0.39 is 17.7 Å². The SMILES string of the molecule is C=CCN1C(=O)C(=O)C(=C(O)c2ccccc2)[C@@H]1c1ccc(N(C)C)cc1. The van der Waals surface area contributed by atoms with Gasteiger partial charge in [-0.3, -0.25) is 9.59 Å². The van der Waals surface area contributed by atoms with Crippen molar-refractivity contribution in [2.24, 2.45) is 0 Å². The van der Waals surface area contributed by atoms with Crippen LogP contribution in [0.2, 0.25) is 0 Å². The zero-order valence-corrected chi connectivity index (χ0v) is 15.4. The van der Waals surface area contributed by atoms with Crippen LogP contribution >= 0.6 is 0 Å². The number of nitrogens with zero attached hydrogens (tertiary/aromatic N) is 2.